The maximum Gasteiger partial charge on any atom is 0.0543 e. The summed E-state index contributed by atoms with van der Waals surface area (Å²) in [6.07, 6.45) is 8.83. The lowest BCUT2D eigenvalue weighted by molar-refractivity contribution is 0.183. The molecule has 2 nitrogen and oxygen atoms in total. The molecule has 1 aliphatic rings. The van der Waals surface area contributed by atoms with Crippen LogP contribution < -0.4 is 0 Å². The van der Waals surface area contributed by atoms with Gasteiger partial charge < -0.3 is 0 Å². The van der Waals surface area contributed by atoms with E-state index < -0.39 is 0 Å². The molecule has 1 aliphatic carbocycles. The molecule has 0 aliphatic heterocycles. The zero-order valence-electron chi connectivity index (χ0n) is 9.52. The van der Waals surface area contributed by atoms with Gasteiger partial charge in [-0.3, -0.25) is 9.88 Å². The predicted molar refractivity (Wildman–Crippen MR) is 62.6 cm³/mol. The average molecular weight is 204 g/mol. The van der Waals surface area contributed by atoms with Crippen molar-refractivity contribution in [2.24, 2.45) is 0 Å². The van der Waals surface area contributed by atoms with E-state index in [1.165, 1.54) is 37.8 Å². The average Bonchev–Trinajstić information content (AvgIpc) is 2.31. The molecule has 0 atom stereocenters. The van der Waals surface area contributed by atoms with Crippen LogP contribution in [0.3, 0.4) is 0 Å². The van der Waals surface area contributed by atoms with Gasteiger partial charge in [0, 0.05) is 18.8 Å². The molecule has 0 amide bonds. The van der Waals surface area contributed by atoms with Gasteiger partial charge in [-0.1, -0.05) is 25.3 Å². The summed E-state index contributed by atoms with van der Waals surface area (Å²) in [5.74, 6) is 0. The van der Waals surface area contributed by atoms with Gasteiger partial charge in [0.2, 0.25) is 0 Å². The molecular weight excluding hydrogens is 184 g/mol. The molecule has 0 aromatic carbocycles. The molecule has 0 spiro atoms. The molecule has 1 saturated carbocycles. The maximum absolute atomic E-state index is 4.37. The van der Waals surface area contributed by atoms with Crippen LogP contribution in [0.15, 0.2) is 24.4 Å². The molecular formula is C13H20N2. The van der Waals surface area contributed by atoms with E-state index >= 15 is 0 Å². The van der Waals surface area contributed by atoms with Crippen LogP contribution in [0.2, 0.25) is 0 Å². The quantitative estimate of drug-likeness (QED) is 0.752. The third-order valence-electron chi connectivity index (χ3n) is 3.34. The molecule has 0 unspecified atom stereocenters. The Morgan fingerprint density at radius 1 is 1.27 bits per heavy atom. The van der Waals surface area contributed by atoms with Crippen LogP contribution in [-0.2, 0) is 6.54 Å². The van der Waals surface area contributed by atoms with Crippen molar-refractivity contribution >= 4 is 0 Å². The fourth-order valence-electron chi connectivity index (χ4n) is 2.40. The minimum absolute atomic E-state index is 0.778. The molecule has 82 valence electrons. The Labute approximate surface area is 92.3 Å². The molecule has 2 rings (SSSR count). The van der Waals surface area contributed by atoms with E-state index in [-0.39, 0.29) is 0 Å². The standard InChI is InChI=1S/C13H20N2/c1-15(13-8-3-2-4-9-13)11-12-7-5-6-10-14-12/h5-7,10,13H,2-4,8-9,11H2,1H3. The lowest BCUT2D eigenvalue weighted by Crippen LogP contribution is -2.33. The van der Waals surface area contributed by atoms with Crippen LogP contribution in [0, 0.1) is 0 Å². The highest BCUT2D eigenvalue weighted by molar-refractivity contribution is 5.03. The monoisotopic (exact) mass is 204 g/mol. The number of hydrogen-bond acceptors (Lipinski definition) is 2. The Kier molecular flexibility index (Phi) is 3.73. The Morgan fingerprint density at radius 2 is 2.07 bits per heavy atom. The molecule has 2 heteroatoms. The van der Waals surface area contributed by atoms with Crippen LogP contribution in [0.25, 0.3) is 0 Å². The summed E-state index contributed by atoms with van der Waals surface area (Å²) >= 11 is 0. The fourth-order valence-corrected chi connectivity index (χ4v) is 2.40. The number of aromatic nitrogens is 1. The van der Waals surface area contributed by atoms with Crippen LogP contribution in [0.1, 0.15) is 37.8 Å². The van der Waals surface area contributed by atoms with Gasteiger partial charge >= 0.3 is 0 Å². The number of nitrogens with zero attached hydrogens (tertiary/aromatic N) is 2. The van der Waals surface area contributed by atoms with Gasteiger partial charge in [-0.25, -0.2) is 0 Å². The van der Waals surface area contributed by atoms with Crippen molar-refractivity contribution < 1.29 is 0 Å². The first-order chi connectivity index (χ1) is 7.36. The van der Waals surface area contributed by atoms with E-state index in [4.69, 9.17) is 0 Å². The Balaban J connectivity index is 1.88. The highest BCUT2D eigenvalue weighted by Gasteiger charge is 2.17. The van der Waals surface area contributed by atoms with Crippen molar-refractivity contribution in [2.75, 3.05) is 7.05 Å². The van der Waals surface area contributed by atoms with E-state index in [1.54, 1.807) is 0 Å². The van der Waals surface area contributed by atoms with Gasteiger partial charge in [-0.15, -0.1) is 0 Å². The molecule has 0 bridgehead atoms. The zero-order valence-corrected chi connectivity index (χ0v) is 9.52. The first kappa shape index (κ1) is 10.6. The van der Waals surface area contributed by atoms with E-state index in [1.807, 2.05) is 12.3 Å². The number of rotatable bonds is 3. The van der Waals surface area contributed by atoms with Gasteiger partial charge in [0.15, 0.2) is 0 Å². The lowest BCUT2D eigenvalue weighted by Gasteiger charge is -2.30. The van der Waals surface area contributed by atoms with Crippen molar-refractivity contribution in [1.82, 2.24) is 9.88 Å². The first-order valence-corrected chi connectivity index (χ1v) is 5.96. The van der Waals surface area contributed by atoms with Crippen LogP contribution in [0.4, 0.5) is 0 Å². The van der Waals surface area contributed by atoms with Crippen molar-refractivity contribution in [3.05, 3.63) is 30.1 Å². The lowest BCUT2D eigenvalue weighted by atomic mass is 9.94. The Morgan fingerprint density at radius 3 is 2.73 bits per heavy atom. The molecule has 0 saturated heterocycles. The second kappa shape index (κ2) is 5.26. The zero-order chi connectivity index (χ0) is 10.5. The molecule has 1 aromatic heterocycles. The summed E-state index contributed by atoms with van der Waals surface area (Å²) in [4.78, 5) is 6.83. The van der Waals surface area contributed by atoms with E-state index in [9.17, 15) is 0 Å². The van der Waals surface area contributed by atoms with Gasteiger partial charge in [0.05, 0.1) is 5.69 Å². The van der Waals surface area contributed by atoms with Gasteiger partial charge in [-0.05, 0) is 32.0 Å². The van der Waals surface area contributed by atoms with E-state index in [0.717, 1.165) is 12.6 Å². The maximum atomic E-state index is 4.37. The third kappa shape index (κ3) is 3.03. The van der Waals surface area contributed by atoms with Crippen molar-refractivity contribution in [1.29, 1.82) is 0 Å². The summed E-state index contributed by atoms with van der Waals surface area (Å²) in [7, 11) is 2.23. The first-order valence-electron chi connectivity index (χ1n) is 5.96. The highest BCUT2D eigenvalue weighted by Crippen LogP contribution is 2.22. The van der Waals surface area contributed by atoms with Gasteiger partial charge in [-0.2, -0.15) is 0 Å². The molecule has 1 aromatic rings. The van der Waals surface area contributed by atoms with Crippen LogP contribution >= 0.6 is 0 Å². The number of hydrogen-bond donors (Lipinski definition) is 0. The van der Waals surface area contributed by atoms with Gasteiger partial charge in [0.25, 0.3) is 0 Å². The predicted octanol–water partition coefficient (Wildman–Crippen LogP) is 2.85. The molecule has 0 radical (unpaired) electrons. The Bertz CT molecular complexity index is 278. The van der Waals surface area contributed by atoms with E-state index in [2.05, 4.69) is 29.1 Å². The Hall–Kier alpha value is -0.890. The highest BCUT2D eigenvalue weighted by atomic mass is 15.1. The summed E-state index contributed by atoms with van der Waals surface area (Å²) < 4.78 is 0. The van der Waals surface area contributed by atoms with Crippen LogP contribution in [0.5, 0.6) is 0 Å². The van der Waals surface area contributed by atoms with Crippen molar-refractivity contribution in [3.63, 3.8) is 0 Å². The summed E-state index contributed by atoms with van der Waals surface area (Å²) in [5, 5.41) is 0. The minimum atomic E-state index is 0.778. The summed E-state index contributed by atoms with van der Waals surface area (Å²) in [6, 6.07) is 6.93. The molecule has 1 fully saturated rings. The minimum Gasteiger partial charge on any atom is -0.298 e. The fraction of sp³-hybridized carbons (Fsp3) is 0.615. The van der Waals surface area contributed by atoms with E-state index in [0.29, 0.717) is 0 Å². The smallest absolute Gasteiger partial charge is 0.0543 e. The second-order valence-electron chi connectivity index (χ2n) is 4.53. The topological polar surface area (TPSA) is 16.1 Å². The number of pyridine rings is 1. The molecule has 1 heterocycles. The SMILES string of the molecule is CN(Cc1ccccn1)C1CCCCC1. The molecule has 15 heavy (non-hydrogen) atoms. The second-order valence-corrected chi connectivity index (χ2v) is 4.53. The third-order valence-corrected chi connectivity index (χ3v) is 3.34. The van der Waals surface area contributed by atoms with Crippen LogP contribution in [-0.4, -0.2) is 23.0 Å². The largest absolute Gasteiger partial charge is 0.298 e. The summed E-state index contributed by atoms with van der Waals surface area (Å²) in [5.41, 5.74) is 1.19. The normalized spacial score (nSPS) is 18.3. The van der Waals surface area contributed by atoms with Gasteiger partial charge in [0.1, 0.15) is 0 Å². The van der Waals surface area contributed by atoms with Crippen molar-refractivity contribution in [3.8, 4) is 0 Å². The van der Waals surface area contributed by atoms with Crippen molar-refractivity contribution in [2.45, 2.75) is 44.7 Å². The summed E-state index contributed by atoms with van der Waals surface area (Å²) in [6.45, 7) is 0.992. The molecule has 0 N–H and O–H groups in total.